The van der Waals surface area contributed by atoms with E-state index >= 15 is 0 Å². The lowest BCUT2D eigenvalue weighted by Gasteiger charge is -2.30. The molecule has 0 N–H and O–H groups in total. The second kappa shape index (κ2) is 4.69. The van der Waals surface area contributed by atoms with Crippen LogP contribution in [-0.4, -0.2) is 20.7 Å². The van der Waals surface area contributed by atoms with Crippen LogP contribution in [-0.2, 0) is 16.4 Å². The first-order valence-electron chi connectivity index (χ1n) is 6.14. The summed E-state index contributed by atoms with van der Waals surface area (Å²) < 4.78 is 25.9. The summed E-state index contributed by atoms with van der Waals surface area (Å²) in [5.41, 5.74) is 3.24. The number of aryl methyl sites for hydroxylation is 2. The van der Waals surface area contributed by atoms with Crippen molar-refractivity contribution in [1.82, 2.24) is 0 Å². The fraction of sp³-hybridized carbons (Fsp3) is 0.538. The largest absolute Gasteiger partial charge is 0.270 e. The van der Waals surface area contributed by atoms with Crippen molar-refractivity contribution in [3.63, 3.8) is 0 Å². The van der Waals surface area contributed by atoms with Crippen molar-refractivity contribution >= 4 is 15.7 Å². The van der Waals surface area contributed by atoms with Gasteiger partial charge in [0.25, 0.3) is 0 Å². The average molecular weight is 253 g/mol. The van der Waals surface area contributed by atoms with E-state index in [2.05, 4.69) is 6.07 Å². The summed E-state index contributed by atoms with van der Waals surface area (Å²) in [6, 6.07) is 6.03. The van der Waals surface area contributed by atoms with Crippen LogP contribution in [0.25, 0.3) is 0 Å². The zero-order valence-electron chi connectivity index (χ0n) is 10.4. The zero-order chi connectivity index (χ0) is 12.5. The molecule has 0 amide bonds. The van der Waals surface area contributed by atoms with Crippen LogP contribution in [0.4, 0.5) is 5.69 Å². The molecule has 0 fully saturated rings. The molecule has 0 aliphatic carbocycles. The molecule has 3 nitrogen and oxygen atoms in total. The zero-order valence-corrected chi connectivity index (χ0v) is 11.3. The molecule has 0 radical (unpaired) electrons. The van der Waals surface area contributed by atoms with E-state index in [0.717, 1.165) is 24.1 Å². The number of hydrogen-bond acceptors (Lipinski definition) is 2. The van der Waals surface area contributed by atoms with Gasteiger partial charge in [-0.15, -0.1) is 0 Å². The molecule has 0 saturated heterocycles. The maximum Gasteiger partial charge on any atom is 0.235 e. The molecule has 0 bridgehead atoms. The Morgan fingerprint density at radius 2 is 2.12 bits per heavy atom. The monoisotopic (exact) mass is 253 g/mol. The fourth-order valence-corrected chi connectivity index (χ4v) is 3.97. The smallest absolute Gasteiger partial charge is 0.235 e. The summed E-state index contributed by atoms with van der Waals surface area (Å²) in [4.78, 5) is 0. The number of sulfonamides is 1. The Hall–Kier alpha value is -1.03. The highest BCUT2D eigenvalue weighted by atomic mass is 32.2. The van der Waals surface area contributed by atoms with E-state index < -0.39 is 10.0 Å². The molecule has 2 rings (SSSR count). The molecule has 94 valence electrons. The van der Waals surface area contributed by atoms with Crippen LogP contribution >= 0.6 is 0 Å². The van der Waals surface area contributed by atoms with Crippen molar-refractivity contribution in [3.8, 4) is 0 Å². The van der Waals surface area contributed by atoms with E-state index in [1.807, 2.05) is 26.0 Å². The lowest BCUT2D eigenvalue weighted by Crippen LogP contribution is -2.37. The van der Waals surface area contributed by atoms with Gasteiger partial charge >= 0.3 is 0 Å². The third kappa shape index (κ3) is 2.46. The predicted octanol–water partition coefficient (Wildman–Crippen LogP) is 2.49. The summed E-state index contributed by atoms with van der Waals surface area (Å²) in [6.07, 6.45) is 2.56. The number of hydrogen-bond donors (Lipinski definition) is 0. The normalized spacial score (nSPS) is 15.8. The van der Waals surface area contributed by atoms with E-state index in [9.17, 15) is 8.42 Å². The summed E-state index contributed by atoms with van der Waals surface area (Å²) in [6.45, 7) is 4.57. The number of nitrogens with zero attached hydrogens (tertiary/aromatic N) is 1. The highest BCUT2D eigenvalue weighted by Crippen LogP contribution is 2.30. The molecule has 0 unspecified atom stereocenters. The fourth-order valence-electron chi connectivity index (χ4n) is 2.35. The molecular weight excluding hydrogens is 234 g/mol. The Morgan fingerprint density at radius 3 is 2.82 bits per heavy atom. The molecule has 0 aromatic heterocycles. The van der Waals surface area contributed by atoms with Gasteiger partial charge in [0.2, 0.25) is 10.0 Å². The summed E-state index contributed by atoms with van der Waals surface area (Å²) in [5, 5.41) is 0. The molecule has 1 aliphatic heterocycles. The van der Waals surface area contributed by atoms with E-state index in [0.29, 0.717) is 13.0 Å². The van der Waals surface area contributed by atoms with Crippen molar-refractivity contribution in [1.29, 1.82) is 0 Å². The number of rotatable bonds is 3. The van der Waals surface area contributed by atoms with Crippen molar-refractivity contribution in [2.45, 2.75) is 33.1 Å². The molecule has 1 aromatic carbocycles. The van der Waals surface area contributed by atoms with Crippen LogP contribution in [0, 0.1) is 6.92 Å². The van der Waals surface area contributed by atoms with Gasteiger partial charge in [-0.3, -0.25) is 4.31 Å². The van der Waals surface area contributed by atoms with Gasteiger partial charge in [-0.25, -0.2) is 8.42 Å². The van der Waals surface area contributed by atoms with Gasteiger partial charge in [0.15, 0.2) is 0 Å². The number of fused-ring (bicyclic) bond motifs is 1. The molecule has 4 heteroatoms. The van der Waals surface area contributed by atoms with E-state index in [-0.39, 0.29) is 5.75 Å². The van der Waals surface area contributed by atoms with Gasteiger partial charge < -0.3 is 0 Å². The van der Waals surface area contributed by atoms with Crippen LogP contribution < -0.4 is 4.31 Å². The molecule has 17 heavy (non-hydrogen) atoms. The summed E-state index contributed by atoms with van der Waals surface area (Å²) >= 11 is 0. The second-order valence-electron chi connectivity index (χ2n) is 4.62. The van der Waals surface area contributed by atoms with Crippen LogP contribution in [0.5, 0.6) is 0 Å². The van der Waals surface area contributed by atoms with Gasteiger partial charge in [-0.1, -0.05) is 24.6 Å². The van der Waals surface area contributed by atoms with Gasteiger partial charge in [0.1, 0.15) is 0 Å². The van der Waals surface area contributed by atoms with Crippen LogP contribution in [0.2, 0.25) is 0 Å². The Kier molecular flexibility index (Phi) is 3.43. The van der Waals surface area contributed by atoms with Crippen LogP contribution in [0.15, 0.2) is 18.2 Å². The van der Waals surface area contributed by atoms with Gasteiger partial charge in [-0.05, 0) is 37.8 Å². The van der Waals surface area contributed by atoms with Gasteiger partial charge in [-0.2, -0.15) is 0 Å². The first kappa shape index (κ1) is 12.4. The molecule has 1 aliphatic rings. The minimum Gasteiger partial charge on any atom is -0.270 e. The molecule has 0 spiro atoms. The van der Waals surface area contributed by atoms with Gasteiger partial charge in [0.05, 0.1) is 11.4 Å². The van der Waals surface area contributed by atoms with E-state index in [1.165, 1.54) is 5.56 Å². The first-order chi connectivity index (χ1) is 8.04. The Bertz CT molecular complexity index is 508. The Morgan fingerprint density at radius 1 is 1.35 bits per heavy atom. The minimum absolute atomic E-state index is 0.236. The quantitative estimate of drug-likeness (QED) is 0.830. The highest BCUT2D eigenvalue weighted by molar-refractivity contribution is 7.92. The highest BCUT2D eigenvalue weighted by Gasteiger charge is 2.26. The summed E-state index contributed by atoms with van der Waals surface area (Å²) in [7, 11) is -3.13. The average Bonchev–Trinajstić information content (AvgIpc) is 2.27. The molecule has 0 saturated carbocycles. The van der Waals surface area contributed by atoms with Crippen molar-refractivity contribution in [3.05, 3.63) is 29.3 Å². The lowest BCUT2D eigenvalue weighted by atomic mass is 10.0. The second-order valence-corrected chi connectivity index (χ2v) is 6.64. The number of benzene rings is 1. The van der Waals surface area contributed by atoms with Crippen molar-refractivity contribution in [2.75, 3.05) is 16.6 Å². The lowest BCUT2D eigenvalue weighted by molar-refractivity contribution is 0.585. The minimum atomic E-state index is -3.13. The number of anilines is 1. The molecule has 1 heterocycles. The first-order valence-corrected chi connectivity index (χ1v) is 7.75. The third-order valence-corrected chi connectivity index (χ3v) is 5.08. The van der Waals surface area contributed by atoms with Crippen LogP contribution in [0.1, 0.15) is 30.9 Å². The standard InChI is InChI=1S/C13H19NO2S/c1-3-9-17(15,16)14-8-4-5-12-10-11(2)6-7-13(12)14/h6-7,10H,3-5,8-9H2,1-2H3. The van der Waals surface area contributed by atoms with Crippen LogP contribution in [0.3, 0.4) is 0 Å². The predicted molar refractivity (Wildman–Crippen MR) is 70.9 cm³/mol. The molecular formula is C13H19NO2S. The Balaban J connectivity index is 2.42. The molecule has 1 aromatic rings. The van der Waals surface area contributed by atoms with Crippen molar-refractivity contribution in [2.24, 2.45) is 0 Å². The van der Waals surface area contributed by atoms with Crippen molar-refractivity contribution < 1.29 is 8.42 Å². The SMILES string of the molecule is CCCS(=O)(=O)N1CCCc2cc(C)ccc21. The van der Waals surface area contributed by atoms with E-state index in [4.69, 9.17) is 0 Å². The topological polar surface area (TPSA) is 37.4 Å². The maximum absolute atomic E-state index is 12.2. The summed E-state index contributed by atoms with van der Waals surface area (Å²) in [5.74, 6) is 0.236. The third-order valence-electron chi connectivity index (χ3n) is 3.11. The Labute approximate surface area is 104 Å². The van der Waals surface area contributed by atoms with E-state index in [1.54, 1.807) is 4.31 Å². The maximum atomic E-state index is 12.2. The molecule has 0 atom stereocenters. The van der Waals surface area contributed by atoms with Gasteiger partial charge in [0, 0.05) is 6.54 Å².